The number of amides is 1. The highest BCUT2D eigenvalue weighted by atomic mass is 32.2. The maximum Gasteiger partial charge on any atom is 0.254 e. The van der Waals surface area contributed by atoms with Crippen molar-refractivity contribution in [3.8, 4) is 0 Å². The molecule has 9 heteroatoms. The molecule has 2 saturated heterocycles. The Kier molecular flexibility index (Phi) is 4.38. The Morgan fingerprint density at radius 3 is 2.48 bits per heavy atom. The number of hydrogen-bond acceptors (Lipinski definition) is 5. The molecule has 2 aliphatic heterocycles. The molecule has 0 radical (unpaired) electrons. The van der Waals surface area contributed by atoms with Gasteiger partial charge in [-0.15, -0.1) is 0 Å². The van der Waals surface area contributed by atoms with Crippen molar-refractivity contribution in [1.82, 2.24) is 19.2 Å². The summed E-state index contributed by atoms with van der Waals surface area (Å²) in [4.78, 5) is 22.2. The van der Waals surface area contributed by atoms with Crippen LogP contribution in [0.4, 0.5) is 0 Å². The first-order valence-electron chi connectivity index (χ1n) is 9.44. The number of carbonyl (C=O) groups excluding carboxylic acids is 1. The summed E-state index contributed by atoms with van der Waals surface area (Å²) >= 11 is 0. The number of aromatic nitrogens is 2. The Morgan fingerprint density at radius 2 is 1.76 bits per heavy atom. The van der Waals surface area contributed by atoms with E-state index >= 15 is 0 Å². The number of H-pyrrole nitrogens is 1. The maximum absolute atomic E-state index is 13.0. The standard InChI is InChI=1S/C20H20N4O4S/c25-20(14-6-7-18-19(8-14)22-13-21-18)23-9-15-11-24(12-16(10-23)28-15)29(26,27)17-4-2-1-3-5-17/h1-8,13,15-16H,9-12H2,(H,21,22). The molecule has 5 rings (SSSR count). The van der Waals surface area contributed by atoms with Crippen molar-refractivity contribution >= 4 is 27.0 Å². The molecule has 0 saturated carbocycles. The highest BCUT2D eigenvalue weighted by Gasteiger charge is 2.41. The van der Waals surface area contributed by atoms with Crippen LogP contribution in [0.15, 0.2) is 59.8 Å². The molecular weight excluding hydrogens is 392 g/mol. The van der Waals surface area contributed by atoms with Gasteiger partial charge in [-0.2, -0.15) is 4.31 Å². The molecule has 29 heavy (non-hydrogen) atoms. The molecule has 2 unspecified atom stereocenters. The molecule has 0 aliphatic carbocycles. The fourth-order valence-corrected chi connectivity index (χ4v) is 5.53. The monoisotopic (exact) mass is 412 g/mol. The fourth-order valence-electron chi connectivity index (χ4n) is 4.01. The molecule has 1 N–H and O–H groups in total. The number of hydrogen-bond donors (Lipinski definition) is 1. The summed E-state index contributed by atoms with van der Waals surface area (Å²) in [6.45, 7) is 1.18. The molecular formula is C20H20N4O4S. The highest BCUT2D eigenvalue weighted by Crippen LogP contribution is 2.26. The smallest absolute Gasteiger partial charge is 0.254 e. The van der Waals surface area contributed by atoms with Crippen molar-refractivity contribution in [1.29, 1.82) is 0 Å². The zero-order chi connectivity index (χ0) is 20.0. The van der Waals surface area contributed by atoms with Crippen LogP contribution < -0.4 is 0 Å². The summed E-state index contributed by atoms with van der Waals surface area (Å²) in [5.74, 6) is -0.0841. The second kappa shape index (κ2) is 6.94. The third-order valence-corrected chi connectivity index (χ3v) is 7.23. The summed E-state index contributed by atoms with van der Waals surface area (Å²) in [5.41, 5.74) is 2.20. The second-order valence-electron chi connectivity index (χ2n) is 7.36. The Balaban J connectivity index is 1.33. The van der Waals surface area contributed by atoms with E-state index in [9.17, 15) is 13.2 Å². The lowest BCUT2D eigenvalue weighted by Gasteiger charge is -2.45. The fraction of sp³-hybridized carbons (Fsp3) is 0.300. The third-order valence-electron chi connectivity index (χ3n) is 5.38. The van der Waals surface area contributed by atoms with E-state index in [-0.39, 0.29) is 36.1 Å². The van der Waals surface area contributed by atoms with Gasteiger partial charge in [0.25, 0.3) is 5.91 Å². The number of aromatic amines is 1. The summed E-state index contributed by atoms with van der Waals surface area (Å²) in [5, 5.41) is 0. The van der Waals surface area contributed by atoms with Gasteiger partial charge in [-0.3, -0.25) is 4.79 Å². The highest BCUT2D eigenvalue weighted by molar-refractivity contribution is 7.89. The van der Waals surface area contributed by atoms with E-state index in [2.05, 4.69) is 9.97 Å². The number of imidazole rings is 1. The zero-order valence-electron chi connectivity index (χ0n) is 15.6. The van der Waals surface area contributed by atoms with E-state index < -0.39 is 10.0 Å². The summed E-state index contributed by atoms with van der Waals surface area (Å²) < 4.78 is 33.3. The number of nitrogens with one attached hydrogen (secondary N) is 1. The Bertz CT molecular complexity index is 1150. The number of carbonyl (C=O) groups is 1. The zero-order valence-corrected chi connectivity index (χ0v) is 16.4. The number of rotatable bonds is 3. The quantitative estimate of drug-likeness (QED) is 0.703. The van der Waals surface area contributed by atoms with Crippen LogP contribution in [0.3, 0.4) is 0 Å². The van der Waals surface area contributed by atoms with Crippen LogP contribution in [0.5, 0.6) is 0 Å². The van der Waals surface area contributed by atoms with Gasteiger partial charge >= 0.3 is 0 Å². The van der Waals surface area contributed by atoms with Gasteiger partial charge in [0.05, 0.1) is 34.5 Å². The molecule has 150 valence electrons. The average Bonchev–Trinajstić information content (AvgIpc) is 3.21. The van der Waals surface area contributed by atoms with Gasteiger partial charge in [-0.05, 0) is 30.3 Å². The predicted molar refractivity (Wildman–Crippen MR) is 106 cm³/mol. The lowest BCUT2D eigenvalue weighted by Crippen LogP contribution is -2.61. The van der Waals surface area contributed by atoms with Crippen LogP contribution in [-0.2, 0) is 14.8 Å². The van der Waals surface area contributed by atoms with Crippen LogP contribution in [0.2, 0.25) is 0 Å². The summed E-state index contributed by atoms with van der Waals surface area (Å²) in [6, 6.07) is 13.8. The molecule has 8 nitrogen and oxygen atoms in total. The Morgan fingerprint density at radius 1 is 1.03 bits per heavy atom. The number of benzene rings is 2. The van der Waals surface area contributed by atoms with Gasteiger partial charge in [0.15, 0.2) is 0 Å². The molecule has 1 aromatic heterocycles. The van der Waals surface area contributed by atoms with E-state index in [0.717, 1.165) is 11.0 Å². The van der Waals surface area contributed by atoms with Crippen molar-refractivity contribution in [2.45, 2.75) is 17.1 Å². The van der Waals surface area contributed by atoms with E-state index in [1.165, 1.54) is 4.31 Å². The first-order chi connectivity index (χ1) is 14.0. The van der Waals surface area contributed by atoms with Crippen LogP contribution in [0, 0.1) is 0 Å². The lowest BCUT2D eigenvalue weighted by molar-refractivity contribution is -0.113. The van der Waals surface area contributed by atoms with Crippen molar-refractivity contribution in [2.75, 3.05) is 26.2 Å². The molecule has 1 amide bonds. The van der Waals surface area contributed by atoms with Crippen LogP contribution >= 0.6 is 0 Å². The first kappa shape index (κ1) is 18.3. The SMILES string of the molecule is O=C(c1ccc2nc[nH]c2c1)N1CC2CN(S(=O)(=O)c3ccccc3)CC(C1)O2. The Labute approximate surface area is 168 Å². The van der Waals surface area contributed by atoms with Crippen molar-refractivity contribution in [2.24, 2.45) is 0 Å². The Hall–Kier alpha value is -2.75. The van der Waals surface area contributed by atoms with Gasteiger partial charge in [-0.25, -0.2) is 13.4 Å². The molecule has 2 atom stereocenters. The summed E-state index contributed by atoms with van der Waals surface area (Å²) in [6.07, 6.45) is 0.904. The maximum atomic E-state index is 13.0. The van der Waals surface area contributed by atoms with Gasteiger partial charge in [0.2, 0.25) is 10.0 Å². The minimum Gasteiger partial charge on any atom is -0.369 e. The first-order valence-corrected chi connectivity index (χ1v) is 10.9. The molecule has 2 aromatic carbocycles. The average molecular weight is 412 g/mol. The molecule has 0 spiro atoms. The predicted octanol–water partition coefficient (Wildman–Crippen LogP) is 1.48. The number of nitrogens with zero attached hydrogens (tertiary/aromatic N) is 3. The lowest BCUT2D eigenvalue weighted by atomic mass is 10.1. The van der Waals surface area contributed by atoms with Gasteiger partial charge in [-0.1, -0.05) is 18.2 Å². The van der Waals surface area contributed by atoms with Crippen LogP contribution in [0.25, 0.3) is 11.0 Å². The van der Waals surface area contributed by atoms with E-state index in [0.29, 0.717) is 18.7 Å². The van der Waals surface area contributed by atoms with E-state index in [1.807, 2.05) is 6.07 Å². The number of morpholine rings is 2. The van der Waals surface area contributed by atoms with Gasteiger partial charge in [0.1, 0.15) is 0 Å². The normalized spacial score (nSPS) is 22.7. The van der Waals surface area contributed by atoms with Crippen molar-refractivity contribution in [3.63, 3.8) is 0 Å². The summed E-state index contributed by atoms with van der Waals surface area (Å²) in [7, 11) is -3.57. The van der Waals surface area contributed by atoms with Crippen LogP contribution in [0.1, 0.15) is 10.4 Å². The van der Waals surface area contributed by atoms with Crippen molar-refractivity contribution in [3.05, 3.63) is 60.4 Å². The molecule has 2 aliphatic rings. The van der Waals surface area contributed by atoms with Crippen molar-refractivity contribution < 1.29 is 17.9 Å². The number of fused-ring (bicyclic) bond motifs is 3. The largest absolute Gasteiger partial charge is 0.369 e. The van der Waals surface area contributed by atoms with E-state index in [1.54, 1.807) is 53.7 Å². The molecule has 2 fully saturated rings. The number of ether oxygens (including phenoxy) is 1. The van der Waals surface area contributed by atoms with Gasteiger partial charge < -0.3 is 14.6 Å². The molecule has 2 bridgehead atoms. The molecule has 3 heterocycles. The molecule has 3 aromatic rings. The van der Waals surface area contributed by atoms with Crippen LogP contribution in [-0.4, -0.2) is 71.9 Å². The van der Waals surface area contributed by atoms with E-state index in [4.69, 9.17) is 4.74 Å². The van der Waals surface area contributed by atoms with Gasteiger partial charge in [0, 0.05) is 31.7 Å². The number of sulfonamides is 1. The minimum absolute atomic E-state index is 0.0841. The third kappa shape index (κ3) is 3.31. The minimum atomic E-state index is -3.57. The second-order valence-corrected chi connectivity index (χ2v) is 9.30. The topological polar surface area (TPSA) is 95.6 Å².